The molecule has 0 N–H and O–H groups in total. The van der Waals surface area contributed by atoms with Crippen molar-refractivity contribution in [2.45, 2.75) is 59.5 Å². The molecule has 0 saturated heterocycles. The Hall–Kier alpha value is -3.19. The van der Waals surface area contributed by atoms with Crippen LogP contribution in [-0.4, -0.2) is 31.5 Å². The highest BCUT2D eigenvalue weighted by Gasteiger charge is 2.28. The van der Waals surface area contributed by atoms with Crippen LogP contribution >= 0.6 is 11.3 Å². The monoisotopic (exact) mass is 457 g/mol. The van der Waals surface area contributed by atoms with E-state index in [9.17, 15) is 4.79 Å². The van der Waals surface area contributed by atoms with E-state index in [0.29, 0.717) is 25.3 Å². The van der Waals surface area contributed by atoms with Gasteiger partial charge in [-0.25, -0.2) is 19.9 Å². The van der Waals surface area contributed by atoms with Gasteiger partial charge in [-0.2, -0.15) is 0 Å². The van der Waals surface area contributed by atoms with Crippen molar-refractivity contribution in [2.24, 2.45) is 4.99 Å². The Morgan fingerprint density at radius 2 is 1.97 bits per heavy atom. The molecule has 0 saturated carbocycles. The minimum absolute atomic E-state index is 0.0933. The smallest absolute Gasteiger partial charge is 0.228 e. The largest absolute Gasteiger partial charge is 0.332 e. The van der Waals surface area contributed by atoms with Crippen LogP contribution in [-0.2, 0) is 24.3 Å². The lowest BCUT2D eigenvalue weighted by Gasteiger charge is -2.14. The molecule has 1 aliphatic carbocycles. The van der Waals surface area contributed by atoms with E-state index in [1.165, 1.54) is 16.0 Å². The minimum Gasteiger partial charge on any atom is -0.332 e. The van der Waals surface area contributed by atoms with Crippen molar-refractivity contribution in [3.8, 4) is 0 Å². The van der Waals surface area contributed by atoms with E-state index in [2.05, 4.69) is 52.2 Å². The van der Waals surface area contributed by atoms with Crippen molar-refractivity contribution < 1.29 is 4.79 Å². The van der Waals surface area contributed by atoms with Gasteiger partial charge in [0.05, 0.1) is 35.9 Å². The summed E-state index contributed by atoms with van der Waals surface area (Å²) >= 11 is 1.60. The number of amides is 1. The van der Waals surface area contributed by atoms with Gasteiger partial charge in [0.1, 0.15) is 6.33 Å². The quantitative estimate of drug-likeness (QED) is 0.603. The summed E-state index contributed by atoms with van der Waals surface area (Å²) < 4.78 is 0. The summed E-state index contributed by atoms with van der Waals surface area (Å²) in [6.07, 6.45) is 7.14. The number of fused-ring (bicyclic) bond motifs is 2. The molecule has 0 bridgehead atoms. The maximum Gasteiger partial charge on any atom is 0.228 e. The number of benzene rings is 1. The summed E-state index contributed by atoms with van der Waals surface area (Å²) in [5.74, 6) is 0.779. The molecule has 3 aromatic rings. The maximum atomic E-state index is 13.0. The summed E-state index contributed by atoms with van der Waals surface area (Å²) in [6, 6.07) is 8.49. The van der Waals surface area contributed by atoms with Gasteiger partial charge in [-0.3, -0.25) is 4.79 Å². The third-order valence-corrected chi connectivity index (χ3v) is 7.42. The van der Waals surface area contributed by atoms with Gasteiger partial charge >= 0.3 is 0 Å². The summed E-state index contributed by atoms with van der Waals surface area (Å²) in [6.45, 7) is 7.16. The van der Waals surface area contributed by atoms with E-state index in [0.717, 1.165) is 51.8 Å². The number of carbonyl (C=O) groups is 1. The van der Waals surface area contributed by atoms with E-state index in [4.69, 9.17) is 4.99 Å². The highest BCUT2D eigenvalue weighted by molar-refractivity contribution is 7.11. The highest BCUT2D eigenvalue weighted by Crippen LogP contribution is 2.29. The molecule has 1 amide bonds. The Labute approximate surface area is 197 Å². The zero-order valence-corrected chi connectivity index (χ0v) is 20.1. The molecule has 6 nitrogen and oxygen atoms in total. The third-order valence-electron chi connectivity index (χ3n) is 6.34. The van der Waals surface area contributed by atoms with Crippen LogP contribution in [0.3, 0.4) is 0 Å². The minimum atomic E-state index is 0.0933. The van der Waals surface area contributed by atoms with Gasteiger partial charge in [-0.1, -0.05) is 29.8 Å². The van der Waals surface area contributed by atoms with Crippen LogP contribution in [0.25, 0.3) is 11.6 Å². The number of aliphatic imine (C=N–C) groups is 1. The Balaban J connectivity index is 1.43. The number of aryl methyl sites for hydroxylation is 2. The molecule has 0 spiro atoms. The number of aromatic nitrogens is 3. The Kier molecular flexibility index (Phi) is 5.89. The van der Waals surface area contributed by atoms with Crippen molar-refractivity contribution in [1.82, 2.24) is 19.9 Å². The molecular weight excluding hydrogens is 430 g/mol. The second-order valence-electron chi connectivity index (χ2n) is 8.76. The SMILES string of the molecule is CC1=c2ccccc2=CC(=Nc2ncnc3c2CN(C(=O)Cc2sc(C)nc2C)C3)CCC1. The molecule has 2 aromatic heterocycles. The number of nitrogens with zero attached hydrogens (tertiary/aromatic N) is 5. The topological polar surface area (TPSA) is 71.3 Å². The van der Waals surface area contributed by atoms with Crippen LogP contribution in [0.4, 0.5) is 5.82 Å². The van der Waals surface area contributed by atoms with Crippen LogP contribution in [0.2, 0.25) is 0 Å². The second-order valence-corrected chi connectivity index (χ2v) is 10.0. The molecule has 3 heterocycles. The first kappa shape index (κ1) is 21.6. The Bertz CT molecular complexity index is 1390. The highest BCUT2D eigenvalue weighted by atomic mass is 32.1. The van der Waals surface area contributed by atoms with Crippen LogP contribution < -0.4 is 10.4 Å². The molecular formula is C26H27N5OS. The fourth-order valence-corrected chi connectivity index (χ4v) is 5.51. The molecule has 33 heavy (non-hydrogen) atoms. The van der Waals surface area contributed by atoms with Gasteiger partial charge in [-0.05, 0) is 56.5 Å². The second kappa shape index (κ2) is 8.98. The van der Waals surface area contributed by atoms with Gasteiger partial charge in [0.25, 0.3) is 0 Å². The summed E-state index contributed by atoms with van der Waals surface area (Å²) in [5.41, 5.74) is 5.25. The lowest BCUT2D eigenvalue weighted by molar-refractivity contribution is -0.131. The predicted molar refractivity (Wildman–Crippen MR) is 132 cm³/mol. The van der Waals surface area contributed by atoms with Gasteiger partial charge in [0.2, 0.25) is 5.91 Å². The number of carbonyl (C=O) groups excluding carboxylic acids is 1. The number of thiazole rings is 1. The first-order chi connectivity index (χ1) is 16.0. The molecule has 5 rings (SSSR count). The fourth-order valence-electron chi connectivity index (χ4n) is 4.58. The molecule has 168 valence electrons. The van der Waals surface area contributed by atoms with Gasteiger partial charge in [0, 0.05) is 16.2 Å². The van der Waals surface area contributed by atoms with Crippen molar-refractivity contribution >= 4 is 40.4 Å². The molecule has 2 aliphatic rings. The normalized spacial score (nSPS) is 16.8. The summed E-state index contributed by atoms with van der Waals surface area (Å²) in [4.78, 5) is 34.3. The molecule has 7 heteroatoms. The maximum absolute atomic E-state index is 13.0. The molecule has 1 aliphatic heterocycles. The Morgan fingerprint density at radius 1 is 1.12 bits per heavy atom. The summed E-state index contributed by atoms with van der Waals surface area (Å²) in [5, 5.41) is 3.49. The fraction of sp³-hybridized carbons (Fsp3) is 0.346. The standard InChI is InChI=1S/C26H27N5OS/c1-16-7-6-9-20(11-19-8-4-5-10-21(16)19)30-26-22-13-31(14-23(22)27-15-28-26)25(32)12-24-17(2)29-18(3)33-24/h4-5,8,10-11,15H,6-7,9,12-14H2,1-3H3. The van der Waals surface area contributed by atoms with E-state index in [1.54, 1.807) is 17.7 Å². The van der Waals surface area contributed by atoms with E-state index in [-0.39, 0.29) is 5.91 Å². The lowest BCUT2D eigenvalue weighted by Crippen LogP contribution is -2.28. The molecule has 1 aromatic carbocycles. The first-order valence-electron chi connectivity index (χ1n) is 11.4. The van der Waals surface area contributed by atoms with Crippen molar-refractivity contribution in [2.75, 3.05) is 0 Å². The first-order valence-corrected chi connectivity index (χ1v) is 12.2. The number of rotatable bonds is 3. The predicted octanol–water partition coefficient (Wildman–Crippen LogP) is 3.54. The molecule has 0 radical (unpaired) electrons. The van der Waals surface area contributed by atoms with E-state index < -0.39 is 0 Å². The van der Waals surface area contributed by atoms with Crippen molar-refractivity contribution in [1.29, 1.82) is 0 Å². The average molecular weight is 458 g/mol. The van der Waals surface area contributed by atoms with E-state index >= 15 is 0 Å². The molecule has 0 fully saturated rings. The lowest BCUT2D eigenvalue weighted by atomic mass is 10.00. The zero-order valence-electron chi connectivity index (χ0n) is 19.3. The average Bonchev–Trinajstić information content (AvgIpc) is 3.36. The van der Waals surface area contributed by atoms with Gasteiger partial charge in [-0.15, -0.1) is 11.3 Å². The van der Waals surface area contributed by atoms with Crippen molar-refractivity contribution in [3.05, 3.63) is 67.9 Å². The van der Waals surface area contributed by atoms with Crippen molar-refractivity contribution in [3.63, 3.8) is 0 Å². The van der Waals surface area contributed by atoms with Gasteiger partial charge < -0.3 is 4.90 Å². The Morgan fingerprint density at radius 3 is 2.79 bits per heavy atom. The van der Waals surface area contributed by atoms with Gasteiger partial charge in [0.15, 0.2) is 5.82 Å². The van der Waals surface area contributed by atoms with Crippen LogP contribution in [0.1, 0.15) is 53.0 Å². The zero-order chi connectivity index (χ0) is 22.9. The third kappa shape index (κ3) is 4.50. The van der Waals surface area contributed by atoms with E-state index in [1.807, 2.05) is 18.7 Å². The number of hydrogen-bond donors (Lipinski definition) is 0. The molecule has 0 unspecified atom stereocenters. The number of hydrogen-bond acceptors (Lipinski definition) is 6. The molecule has 0 atom stereocenters. The summed E-state index contributed by atoms with van der Waals surface area (Å²) in [7, 11) is 0. The van der Waals surface area contributed by atoms with Crippen LogP contribution in [0.5, 0.6) is 0 Å². The van der Waals surface area contributed by atoms with Crippen LogP contribution in [0, 0.1) is 13.8 Å². The van der Waals surface area contributed by atoms with Crippen LogP contribution in [0.15, 0.2) is 35.6 Å².